The van der Waals surface area contributed by atoms with Crippen LogP contribution >= 0.6 is 11.3 Å². The summed E-state index contributed by atoms with van der Waals surface area (Å²) in [6.45, 7) is 4.17. The van der Waals surface area contributed by atoms with Gasteiger partial charge >= 0.3 is 0 Å². The van der Waals surface area contributed by atoms with Crippen molar-refractivity contribution < 1.29 is 19.2 Å². The van der Waals surface area contributed by atoms with E-state index in [1.807, 2.05) is 18.2 Å². The second-order valence-corrected chi connectivity index (χ2v) is 8.47. The number of anilines is 1. The number of thiazole rings is 1. The molecule has 2 heterocycles. The zero-order chi connectivity index (χ0) is 23.2. The molecule has 0 bridgehead atoms. The van der Waals surface area contributed by atoms with Crippen molar-refractivity contribution in [2.24, 2.45) is 0 Å². The number of fused-ring (bicyclic) bond motifs is 1. The van der Waals surface area contributed by atoms with Crippen LogP contribution in [0.1, 0.15) is 5.56 Å². The smallest absolute Gasteiger partial charge is 0.270 e. The fourth-order valence-electron chi connectivity index (χ4n) is 3.50. The Morgan fingerprint density at radius 1 is 1.30 bits per heavy atom. The maximum atomic E-state index is 13.2. The summed E-state index contributed by atoms with van der Waals surface area (Å²) in [7, 11) is 1.60. The van der Waals surface area contributed by atoms with Crippen LogP contribution in [0.25, 0.3) is 16.3 Å². The second-order valence-electron chi connectivity index (χ2n) is 7.46. The lowest BCUT2D eigenvalue weighted by atomic mass is 10.2. The minimum Gasteiger partial charge on any atom is -0.497 e. The number of carbonyl (C=O) groups excluding carboxylic acids is 1. The molecule has 0 aliphatic carbocycles. The van der Waals surface area contributed by atoms with Gasteiger partial charge in [0.25, 0.3) is 11.6 Å². The van der Waals surface area contributed by atoms with Gasteiger partial charge in [-0.2, -0.15) is 0 Å². The number of methoxy groups -OCH3 is 1. The highest BCUT2D eigenvalue weighted by Crippen LogP contribution is 2.31. The van der Waals surface area contributed by atoms with Crippen molar-refractivity contribution in [2.45, 2.75) is 0 Å². The molecule has 1 aromatic heterocycles. The molecule has 2 aromatic carbocycles. The van der Waals surface area contributed by atoms with Gasteiger partial charge in [-0.05, 0) is 23.8 Å². The van der Waals surface area contributed by atoms with E-state index in [1.54, 1.807) is 30.2 Å². The summed E-state index contributed by atoms with van der Waals surface area (Å²) in [5.41, 5.74) is 1.33. The molecule has 9 nitrogen and oxygen atoms in total. The molecule has 0 N–H and O–H groups in total. The molecule has 3 aromatic rings. The number of carbonyl (C=O) groups is 1. The van der Waals surface area contributed by atoms with E-state index < -0.39 is 4.92 Å². The first-order chi connectivity index (χ1) is 16.0. The van der Waals surface area contributed by atoms with Gasteiger partial charge in [0.15, 0.2) is 5.13 Å². The number of morpholine rings is 1. The summed E-state index contributed by atoms with van der Waals surface area (Å²) >= 11 is 1.44. The number of non-ortho nitro benzene ring substituents is 1. The van der Waals surface area contributed by atoms with Crippen molar-refractivity contribution in [1.82, 2.24) is 9.88 Å². The molecular weight excluding hydrogens is 444 g/mol. The molecule has 10 heteroatoms. The predicted octanol–water partition coefficient (Wildman–Crippen LogP) is 3.59. The van der Waals surface area contributed by atoms with Gasteiger partial charge in [-0.3, -0.25) is 24.7 Å². The molecule has 0 spiro atoms. The van der Waals surface area contributed by atoms with Crippen LogP contribution in [-0.4, -0.2) is 67.2 Å². The third-order valence-corrected chi connectivity index (χ3v) is 6.38. The minimum atomic E-state index is -0.455. The number of amides is 1. The topological polar surface area (TPSA) is 98.0 Å². The molecule has 33 heavy (non-hydrogen) atoms. The highest BCUT2D eigenvalue weighted by Gasteiger charge is 2.20. The zero-order valence-corrected chi connectivity index (χ0v) is 19.0. The van der Waals surface area contributed by atoms with Crippen molar-refractivity contribution in [2.75, 3.05) is 51.4 Å². The van der Waals surface area contributed by atoms with Crippen LogP contribution in [0, 0.1) is 10.1 Å². The highest BCUT2D eigenvalue weighted by molar-refractivity contribution is 7.22. The second kappa shape index (κ2) is 10.5. The van der Waals surface area contributed by atoms with Gasteiger partial charge in [-0.25, -0.2) is 4.98 Å². The Labute approximate surface area is 195 Å². The summed E-state index contributed by atoms with van der Waals surface area (Å²) in [6.07, 6.45) is 3.03. The van der Waals surface area contributed by atoms with Crippen LogP contribution in [0.4, 0.5) is 10.8 Å². The number of aromatic nitrogens is 1. The Balaban J connectivity index is 1.58. The fraction of sp³-hybridized carbons (Fsp3) is 0.304. The lowest BCUT2D eigenvalue weighted by molar-refractivity contribution is -0.384. The Kier molecular flexibility index (Phi) is 7.28. The number of benzene rings is 2. The minimum absolute atomic E-state index is 0.0195. The van der Waals surface area contributed by atoms with Crippen molar-refractivity contribution in [3.8, 4) is 5.75 Å². The fourth-order valence-corrected chi connectivity index (χ4v) is 4.48. The maximum absolute atomic E-state index is 13.2. The van der Waals surface area contributed by atoms with E-state index >= 15 is 0 Å². The van der Waals surface area contributed by atoms with Crippen molar-refractivity contribution >= 4 is 44.4 Å². The Hall–Kier alpha value is -3.34. The van der Waals surface area contributed by atoms with Crippen LogP contribution in [0.2, 0.25) is 0 Å². The first-order valence-corrected chi connectivity index (χ1v) is 11.3. The molecular formula is C23H24N4O5S. The number of ether oxygens (including phenoxy) is 2. The first kappa shape index (κ1) is 22.8. The standard InChI is InChI=1S/C23H24N4O5S/c1-31-19-6-7-21-20(16-19)24-23(33-21)26(10-9-25-11-13-32-14-12-25)22(28)8-5-17-3-2-4-18(15-17)27(29)30/h2-8,15-16H,9-14H2,1H3. The predicted molar refractivity (Wildman–Crippen MR) is 128 cm³/mol. The maximum Gasteiger partial charge on any atom is 0.270 e. The van der Waals surface area contributed by atoms with Gasteiger partial charge in [0, 0.05) is 50.5 Å². The number of nitrogens with zero attached hydrogens (tertiary/aromatic N) is 4. The number of nitro groups is 1. The van der Waals surface area contributed by atoms with E-state index in [0.717, 1.165) is 23.3 Å². The molecule has 0 atom stereocenters. The van der Waals surface area contributed by atoms with Gasteiger partial charge < -0.3 is 9.47 Å². The monoisotopic (exact) mass is 468 g/mol. The molecule has 1 amide bonds. The van der Waals surface area contributed by atoms with E-state index in [-0.39, 0.29) is 11.6 Å². The Bertz CT molecular complexity index is 1170. The molecule has 4 rings (SSSR count). The van der Waals surface area contributed by atoms with E-state index in [2.05, 4.69) is 9.88 Å². The third-order valence-electron chi connectivity index (χ3n) is 5.32. The average molecular weight is 469 g/mol. The van der Waals surface area contributed by atoms with Gasteiger partial charge in [-0.15, -0.1) is 0 Å². The Morgan fingerprint density at radius 2 is 2.12 bits per heavy atom. The summed E-state index contributed by atoms with van der Waals surface area (Å²) in [4.78, 5) is 32.4. The van der Waals surface area contributed by atoms with E-state index in [4.69, 9.17) is 9.47 Å². The number of nitro benzene ring substituents is 1. The van der Waals surface area contributed by atoms with Gasteiger partial charge in [0.2, 0.25) is 0 Å². The van der Waals surface area contributed by atoms with E-state index in [0.29, 0.717) is 42.7 Å². The van der Waals surface area contributed by atoms with Crippen molar-refractivity contribution in [1.29, 1.82) is 0 Å². The van der Waals surface area contributed by atoms with Crippen LogP contribution < -0.4 is 9.64 Å². The molecule has 172 valence electrons. The number of rotatable bonds is 8. The molecule has 1 aliphatic heterocycles. The summed E-state index contributed by atoms with van der Waals surface area (Å²) < 4.78 is 11.7. The van der Waals surface area contributed by atoms with Crippen molar-refractivity contribution in [3.05, 3.63) is 64.2 Å². The lowest BCUT2D eigenvalue weighted by Gasteiger charge is -2.28. The van der Waals surface area contributed by atoms with Gasteiger partial charge in [-0.1, -0.05) is 23.5 Å². The Morgan fingerprint density at radius 3 is 2.88 bits per heavy atom. The zero-order valence-electron chi connectivity index (χ0n) is 18.2. The van der Waals surface area contributed by atoms with Crippen LogP contribution in [0.3, 0.4) is 0 Å². The highest BCUT2D eigenvalue weighted by atomic mass is 32.1. The van der Waals surface area contributed by atoms with Gasteiger partial charge in [0.1, 0.15) is 5.75 Å². The quantitative estimate of drug-likeness (QED) is 0.283. The molecule has 0 unspecified atom stereocenters. The molecule has 0 saturated carbocycles. The molecule has 0 radical (unpaired) electrons. The van der Waals surface area contributed by atoms with Crippen LogP contribution in [-0.2, 0) is 9.53 Å². The third kappa shape index (κ3) is 5.72. The average Bonchev–Trinajstić information content (AvgIpc) is 3.26. The number of hydrogen-bond acceptors (Lipinski definition) is 8. The van der Waals surface area contributed by atoms with Gasteiger partial charge in [0.05, 0.1) is 35.5 Å². The molecule has 1 aliphatic rings. The van der Waals surface area contributed by atoms with E-state index in [9.17, 15) is 14.9 Å². The lowest BCUT2D eigenvalue weighted by Crippen LogP contribution is -2.42. The van der Waals surface area contributed by atoms with Crippen LogP contribution in [0.15, 0.2) is 48.5 Å². The largest absolute Gasteiger partial charge is 0.497 e. The van der Waals surface area contributed by atoms with E-state index in [1.165, 1.54) is 29.5 Å². The SMILES string of the molecule is COc1ccc2sc(N(CCN3CCOCC3)C(=O)C=Cc3cccc([N+](=O)[O-])c3)nc2c1. The van der Waals surface area contributed by atoms with Crippen molar-refractivity contribution in [3.63, 3.8) is 0 Å². The normalized spacial score (nSPS) is 14.6. The number of hydrogen-bond donors (Lipinski definition) is 0. The first-order valence-electron chi connectivity index (χ1n) is 10.5. The molecule has 1 fully saturated rings. The molecule has 1 saturated heterocycles. The summed E-state index contributed by atoms with van der Waals surface area (Å²) in [5.74, 6) is 0.469. The summed E-state index contributed by atoms with van der Waals surface area (Å²) in [6, 6.07) is 11.8. The summed E-state index contributed by atoms with van der Waals surface area (Å²) in [5, 5.41) is 11.6. The van der Waals surface area contributed by atoms with Crippen LogP contribution in [0.5, 0.6) is 5.75 Å².